The molecule has 3 aliphatic heterocycles. The van der Waals surface area contributed by atoms with Crippen molar-refractivity contribution in [3.8, 4) is 29.1 Å². The molecule has 54 heavy (non-hydrogen) atoms. The van der Waals surface area contributed by atoms with Gasteiger partial charge in [-0.2, -0.15) is 28.4 Å². The molecule has 0 unspecified atom stereocenters. The van der Waals surface area contributed by atoms with E-state index >= 15 is 4.39 Å². The number of carbonyl (C=O) groups is 2. The van der Waals surface area contributed by atoms with Crippen LogP contribution in [-0.4, -0.2) is 98.2 Å². The summed E-state index contributed by atoms with van der Waals surface area (Å²) in [4.78, 5) is 39.9. The van der Waals surface area contributed by atoms with E-state index in [9.17, 15) is 37.5 Å². The maximum Gasteiger partial charge on any atom is 0.433 e. The Hall–Kier alpha value is -5.09. The number of hydrogen-bond donors (Lipinski definition) is 2. The number of halogens is 5. The Kier molecular flexibility index (Phi) is 9.41. The van der Waals surface area contributed by atoms with Gasteiger partial charge in [-0.3, -0.25) is 10.2 Å². The normalized spacial score (nSPS) is 21.7. The maximum absolute atomic E-state index is 15.3. The molecule has 4 aromatic rings. The summed E-state index contributed by atoms with van der Waals surface area (Å²) in [6.07, 6.45) is -7.17. The quantitative estimate of drug-likeness (QED) is 0.180. The van der Waals surface area contributed by atoms with Crippen LogP contribution in [0.25, 0.3) is 32.2 Å². The number of carboxylic acid groups (broad SMARTS) is 1. The average Bonchev–Trinajstić information content (AvgIpc) is 3.85. The van der Waals surface area contributed by atoms with Crippen LogP contribution in [0.2, 0.25) is 0 Å². The highest BCUT2D eigenvalue weighted by Gasteiger charge is 2.49. The number of hydrogen-bond acceptors (Lipinski definition) is 11. The number of rotatable bonds is 7. The van der Waals surface area contributed by atoms with Crippen LogP contribution in [-0.2, 0) is 10.9 Å². The monoisotopic (exact) mass is 775 g/mol. The molecule has 0 spiro atoms. The minimum absolute atomic E-state index is 0.0120. The number of carbonyl (C=O) groups excluding carboxylic acids is 1. The van der Waals surface area contributed by atoms with Gasteiger partial charge in [0.25, 0.3) is 0 Å². The van der Waals surface area contributed by atoms with Crippen LogP contribution in [0.15, 0.2) is 18.2 Å². The molecule has 2 amide bonds. The first kappa shape index (κ1) is 37.2. The summed E-state index contributed by atoms with van der Waals surface area (Å²) in [7, 11) is 0. The lowest BCUT2D eigenvalue weighted by Crippen LogP contribution is -2.43. The van der Waals surface area contributed by atoms with Crippen LogP contribution in [0.1, 0.15) is 57.7 Å². The van der Waals surface area contributed by atoms with E-state index in [0.29, 0.717) is 24.3 Å². The minimum Gasteiger partial charge on any atom is -0.471 e. The van der Waals surface area contributed by atoms with E-state index in [1.54, 1.807) is 20.8 Å². The summed E-state index contributed by atoms with van der Waals surface area (Å²) in [5.41, 5.74) is -4.64. The molecule has 19 heteroatoms. The predicted octanol–water partition coefficient (Wildman–Crippen LogP) is 7.37. The number of amides is 2. The maximum atomic E-state index is 15.3. The Morgan fingerprint density at radius 2 is 1.93 bits per heavy atom. The number of aromatic nitrogens is 3. The number of nitriles is 1. The van der Waals surface area contributed by atoms with Gasteiger partial charge in [-0.25, -0.2) is 23.4 Å². The van der Waals surface area contributed by atoms with Crippen LogP contribution >= 0.6 is 11.3 Å². The number of nitrogens with zero attached hydrogens (tertiary/aromatic N) is 6. The topological polar surface area (TPSA) is 163 Å². The standard InChI is InChI=1S/C35H34F5N7O6S/c1-33(2,3)53-31(48)45-29-21(13-41)24-19(5-6-22(37)26(24)54-29)20-11-23-25(43-27(20)35(38,39)40)28(52-18-7-10-46(15-18)32(49)50)44-30(42-23)51-16-34-8-4-9-47(34)14-17(36)12-34/h5-6,11,17-18H,4,7-10,12,14-16H2,1-3H3,(H,45,48)(H,49,50)/t17-,18-,34+/m1/s1. The highest BCUT2D eigenvalue weighted by Crippen LogP contribution is 2.47. The Morgan fingerprint density at radius 1 is 1.15 bits per heavy atom. The van der Waals surface area contributed by atoms with Crippen LogP contribution in [0, 0.1) is 17.1 Å². The van der Waals surface area contributed by atoms with E-state index < -0.39 is 64.4 Å². The van der Waals surface area contributed by atoms with Crippen molar-refractivity contribution in [3.63, 3.8) is 0 Å². The molecule has 2 N–H and O–H groups in total. The Labute approximate surface area is 308 Å². The second-order valence-electron chi connectivity index (χ2n) is 14.5. The molecule has 3 aliphatic rings. The first-order valence-corrected chi connectivity index (χ1v) is 17.9. The van der Waals surface area contributed by atoms with Gasteiger partial charge in [0.1, 0.15) is 46.9 Å². The van der Waals surface area contributed by atoms with Gasteiger partial charge >= 0.3 is 24.4 Å². The molecule has 0 bridgehead atoms. The van der Waals surface area contributed by atoms with E-state index in [0.717, 1.165) is 29.5 Å². The number of pyridine rings is 1. The van der Waals surface area contributed by atoms with Gasteiger partial charge in [0.2, 0.25) is 5.88 Å². The van der Waals surface area contributed by atoms with Crippen LogP contribution < -0.4 is 14.8 Å². The molecule has 0 saturated carbocycles. The zero-order chi connectivity index (χ0) is 38.7. The molecule has 0 aliphatic carbocycles. The molecule has 3 atom stereocenters. The van der Waals surface area contributed by atoms with E-state index in [1.165, 1.54) is 0 Å². The molecule has 13 nitrogen and oxygen atoms in total. The number of alkyl halides is 4. The summed E-state index contributed by atoms with van der Waals surface area (Å²) in [5.74, 6) is -1.24. The van der Waals surface area contributed by atoms with Crippen molar-refractivity contribution in [2.75, 3.05) is 38.1 Å². The van der Waals surface area contributed by atoms with E-state index in [1.807, 2.05) is 11.0 Å². The Morgan fingerprint density at radius 3 is 2.61 bits per heavy atom. The lowest BCUT2D eigenvalue weighted by atomic mass is 9.95. The number of likely N-dealkylation sites (tertiary alicyclic amines) is 1. The predicted molar refractivity (Wildman–Crippen MR) is 185 cm³/mol. The lowest BCUT2D eigenvalue weighted by Gasteiger charge is -2.30. The minimum atomic E-state index is -5.11. The van der Waals surface area contributed by atoms with Gasteiger partial charge in [0, 0.05) is 36.9 Å². The van der Waals surface area contributed by atoms with Crippen LogP contribution in [0.3, 0.4) is 0 Å². The van der Waals surface area contributed by atoms with Crippen molar-refractivity contribution in [2.24, 2.45) is 0 Å². The number of benzene rings is 1. The summed E-state index contributed by atoms with van der Waals surface area (Å²) < 4.78 is 91.9. The largest absolute Gasteiger partial charge is 0.471 e. The molecular weight excluding hydrogens is 741 g/mol. The molecule has 7 rings (SSSR count). The summed E-state index contributed by atoms with van der Waals surface area (Å²) in [5, 5.41) is 21.7. The van der Waals surface area contributed by atoms with Crippen molar-refractivity contribution >= 4 is 49.6 Å². The number of anilines is 1. The first-order chi connectivity index (χ1) is 25.4. The lowest BCUT2D eigenvalue weighted by molar-refractivity contribution is -0.140. The Bertz CT molecular complexity index is 2210. The third kappa shape index (κ3) is 7.11. The average molecular weight is 776 g/mol. The second-order valence-corrected chi connectivity index (χ2v) is 15.5. The summed E-state index contributed by atoms with van der Waals surface area (Å²) >= 11 is 0.653. The second kappa shape index (κ2) is 13.6. The van der Waals surface area contributed by atoms with Crippen molar-refractivity contribution in [1.82, 2.24) is 24.8 Å². The number of thiophene rings is 1. The van der Waals surface area contributed by atoms with Gasteiger partial charge in [-0.1, -0.05) is 6.07 Å². The van der Waals surface area contributed by atoms with E-state index in [2.05, 4.69) is 20.3 Å². The van der Waals surface area contributed by atoms with E-state index in [4.69, 9.17) is 14.2 Å². The molecule has 6 heterocycles. The third-order valence-electron chi connectivity index (χ3n) is 9.62. The van der Waals surface area contributed by atoms with Gasteiger partial charge in [-0.15, -0.1) is 11.3 Å². The highest BCUT2D eigenvalue weighted by molar-refractivity contribution is 7.23. The fourth-order valence-corrected chi connectivity index (χ4v) is 8.44. The number of nitrogens with one attached hydrogen (secondary N) is 1. The van der Waals surface area contributed by atoms with Gasteiger partial charge in [0.15, 0.2) is 11.2 Å². The smallest absolute Gasteiger partial charge is 0.433 e. The molecule has 3 fully saturated rings. The van der Waals surface area contributed by atoms with Crippen molar-refractivity contribution in [2.45, 2.75) is 76.0 Å². The number of fused-ring (bicyclic) bond motifs is 3. The fourth-order valence-electron chi connectivity index (χ4n) is 7.37. The third-order valence-corrected chi connectivity index (χ3v) is 10.7. The van der Waals surface area contributed by atoms with Crippen LogP contribution in [0.5, 0.6) is 11.9 Å². The van der Waals surface area contributed by atoms with Crippen LogP contribution in [0.4, 0.5) is 36.5 Å². The fraction of sp³-hybridized carbons (Fsp3) is 0.486. The van der Waals surface area contributed by atoms with Gasteiger partial charge in [0.05, 0.1) is 22.3 Å². The highest BCUT2D eigenvalue weighted by atomic mass is 32.1. The van der Waals surface area contributed by atoms with Gasteiger partial charge in [-0.05, 0) is 57.9 Å². The van der Waals surface area contributed by atoms with Gasteiger partial charge < -0.3 is 24.2 Å². The summed E-state index contributed by atoms with van der Waals surface area (Å²) in [6, 6.07) is 4.68. The van der Waals surface area contributed by atoms with Crippen molar-refractivity contribution < 1.29 is 50.9 Å². The molecule has 3 aromatic heterocycles. The zero-order valence-electron chi connectivity index (χ0n) is 29.2. The molecule has 0 radical (unpaired) electrons. The number of ether oxygens (including phenoxy) is 3. The first-order valence-electron chi connectivity index (χ1n) is 17.1. The summed E-state index contributed by atoms with van der Waals surface area (Å²) in [6.45, 7) is 5.78. The molecule has 3 saturated heterocycles. The zero-order valence-corrected chi connectivity index (χ0v) is 30.0. The molecule has 286 valence electrons. The Balaban J connectivity index is 1.37. The van der Waals surface area contributed by atoms with Crippen molar-refractivity contribution in [3.05, 3.63) is 35.3 Å². The van der Waals surface area contributed by atoms with E-state index in [-0.39, 0.29) is 82.7 Å². The van der Waals surface area contributed by atoms with Crippen molar-refractivity contribution in [1.29, 1.82) is 5.26 Å². The SMILES string of the molecule is CC(C)(C)OC(=O)Nc1sc2c(F)ccc(-c3cc4nc(OC[C@@]56CCCN5C[C@H](F)C6)nc(O[C@@H]5CCN(C(=O)O)C5)c4nc3C(F)(F)F)c2c1C#N. The molecular formula is C35H34F5N7O6S. The molecule has 1 aromatic carbocycles.